The molecule has 0 fully saturated rings. The monoisotopic (exact) mass is 315 g/mol. The Morgan fingerprint density at radius 1 is 1.11 bits per heavy atom. The van der Waals surface area contributed by atoms with Crippen LogP contribution in [0, 0.1) is 0 Å². The Bertz CT molecular complexity index is 311. The molecule has 1 aromatic rings. The van der Waals surface area contributed by atoms with Crippen molar-refractivity contribution in [1.82, 2.24) is 5.32 Å². The number of rotatable bonds is 10. The molecule has 1 heterocycles. The SMILES string of the molecule is CCCCCCCC(NCCC)c1ccc(Br)o1. The highest BCUT2D eigenvalue weighted by molar-refractivity contribution is 9.10. The molecular weight excluding hydrogens is 290 g/mol. The number of furan rings is 1. The second-order valence-corrected chi connectivity index (χ2v) is 5.63. The molecule has 1 atom stereocenters. The van der Waals surface area contributed by atoms with Gasteiger partial charge in [0, 0.05) is 0 Å². The number of halogens is 1. The van der Waals surface area contributed by atoms with Gasteiger partial charge in [0.25, 0.3) is 0 Å². The normalized spacial score (nSPS) is 12.8. The highest BCUT2D eigenvalue weighted by atomic mass is 79.9. The van der Waals surface area contributed by atoms with Gasteiger partial charge in [0.05, 0.1) is 6.04 Å². The largest absolute Gasteiger partial charge is 0.453 e. The lowest BCUT2D eigenvalue weighted by Crippen LogP contribution is -2.21. The number of nitrogens with one attached hydrogen (secondary N) is 1. The maximum atomic E-state index is 5.68. The summed E-state index contributed by atoms with van der Waals surface area (Å²) in [6.45, 7) is 5.51. The molecule has 104 valence electrons. The summed E-state index contributed by atoms with van der Waals surface area (Å²) >= 11 is 3.38. The van der Waals surface area contributed by atoms with E-state index in [0.717, 1.165) is 23.4 Å². The van der Waals surface area contributed by atoms with Crippen LogP contribution in [0.25, 0.3) is 0 Å². The van der Waals surface area contributed by atoms with E-state index >= 15 is 0 Å². The lowest BCUT2D eigenvalue weighted by atomic mass is 10.0. The molecular formula is C15H26BrNO. The van der Waals surface area contributed by atoms with Crippen LogP contribution in [0.4, 0.5) is 0 Å². The topological polar surface area (TPSA) is 25.2 Å². The smallest absolute Gasteiger partial charge is 0.169 e. The lowest BCUT2D eigenvalue weighted by Gasteiger charge is -2.16. The van der Waals surface area contributed by atoms with Crippen molar-refractivity contribution in [2.75, 3.05) is 6.54 Å². The zero-order valence-corrected chi connectivity index (χ0v) is 13.3. The second-order valence-electron chi connectivity index (χ2n) is 4.85. The fourth-order valence-electron chi connectivity index (χ4n) is 2.13. The first kappa shape index (κ1) is 15.8. The summed E-state index contributed by atoms with van der Waals surface area (Å²) in [6, 6.07) is 4.43. The Hall–Kier alpha value is -0.280. The number of hydrogen-bond donors (Lipinski definition) is 1. The van der Waals surface area contributed by atoms with Gasteiger partial charge < -0.3 is 9.73 Å². The molecule has 1 aromatic heterocycles. The van der Waals surface area contributed by atoms with Crippen LogP contribution in [0.2, 0.25) is 0 Å². The van der Waals surface area contributed by atoms with Gasteiger partial charge in [-0.2, -0.15) is 0 Å². The van der Waals surface area contributed by atoms with Crippen molar-refractivity contribution in [3.63, 3.8) is 0 Å². The van der Waals surface area contributed by atoms with Gasteiger partial charge >= 0.3 is 0 Å². The minimum absolute atomic E-state index is 0.373. The average Bonchev–Trinajstić information content (AvgIpc) is 2.79. The van der Waals surface area contributed by atoms with Gasteiger partial charge in [0.15, 0.2) is 4.67 Å². The molecule has 0 aliphatic heterocycles. The van der Waals surface area contributed by atoms with Crippen LogP contribution in [0.5, 0.6) is 0 Å². The van der Waals surface area contributed by atoms with Crippen LogP contribution < -0.4 is 5.32 Å². The van der Waals surface area contributed by atoms with Gasteiger partial charge in [0.1, 0.15) is 5.76 Å². The van der Waals surface area contributed by atoms with E-state index in [1.807, 2.05) is 6.07 Å². The van der Waals surface area contributed by atoms with Gasteiger partial charge in [-0.1, -0.05) is 46.0 Å². The van der Waals surface area contributed by atoms with Crippen molar-refractivity contribution in [3.05, 3.63) is 22.6 Å². The maximum Gasteiger partial charge on any atom is 0.169 e. The van der Waals surface area contributed by atoms with E-state index in [9.17, 15) is 0 Å². The molecule has 18 heavy (non-hydrogen) atoms. The second kappa shape index (κ2) is 9.62. The Morgan fingerprint density at radius 2 is 1.89 bits per heavy atom. The van der Waals surface area contributed by atoms with Crippen LogP contribution in [0.1, 0.15) is 70.6 Å². The Kier molecular flexibility index (Phi) is 8.44. The third kappa shape index (κ3) is 6.05. The third-order valence-electron chi connectivity index (χ3n) is 3.17. The van der Waals surface area contributed by atoms with Crippen LogP contribution in [-0.4, -0.2) is 6.54 Å². The highest BCUT2D eigenvalue weighted by Crippen LogP contribution is 2.24. The molecule has 0 saturated heterocycles. The number of unbranched alkanes of at least 4 members (excludes halogenated alkanes) is 4. The molecule has 0 radical (unpaired) electrons. The first-order valence-corrected chi connectivity index (χ1v) is 8.05. The van der Waals surface area contributed by atoms with Crippen molar-refractivity contribution >= 4 is 15.9 Å². The standard InChI is InChI=1S/C15H26BrNO/c1-3-5-6-7-8-9-13(17-12-4-2)14-10-11-15(16)18-14/h10-11,13,17H,3-9,12H2,1-2H3. The molecule has 2 nitrogen and oxygen atoms in total. The predicted molar refractivity (Wildman–Crippen MR) is 80.8 cm³/mol. The molecule has 1 N–H and O–H groups in total. The molecule has 0 amide bonds. The summed E-state index contributed by atoms with van der Waals surface area (Å²) in [4.78, 5) is 0. The predicted octanol–water partition coefficient (Wildman–Crippen LogP) is 5.44. The van der Waals surface area contributed by atoms with Crippen LogP contribution in [-0.2, 0) is 0 Å². The Morgan fingerprint density at radius 3 is 2.50 bits per heavy atom. The molecule has 0 saturated carbocycles. The fraction of sp³-hybridized carbons (Fsp3) is 0.733. The summed E-state index contributed by atoms with van der Waals surface area (Å²) in [5, 5.41) is 3.58. The third-order valence-corrected chi connectivity index (χ3v) is 3.60. The molecule has 0 aliphatic carbocycles. The molecule has 3 heteroatoms. The van der Waals surface area contributed by atoms with Gasteiger partial charge in [0.2, 0.25) is 0 Å². The molecule has 0 bridgehead atoms. The quantitative estimate of drug-likeness (QED) is 0.581. The summed E-state index contributed by atoms with van der Waals surface area (Å²) in [5.41, 5.74) is 0. The highest BCUT2D eigenvalue weighted by Gasteiger charge is 2.13. The molecule has 0 spiro atoms. The molecule has 1 rings (SSSR count). The van der Waals surface area contributed by atoms with E-state index in [0.29, 0.717) is 6.04 Å². The summed E-state index contributed by atoms with van der Waals surface area (Å²) in [7, 11) is 0. The fourth-order valence-corrected chi connectivity index (χ4v) is 2.45. The summed E-state index contributed by atoms with van der Waals surface area (Å²) < 4.78 is 6.50. The Balaban J connectivity index is 2.36. The lowest BCUT2D eigenvalue weighted by molar-refractivity contribution is 0.376. The van der Waals surface area contributed by atoms with E-state index in [2.05, 4.69) is 41.2 Å². The summed E-state index contributed by atoms with van der Waals surface area (Å²) in [5.74, 6) is 1.06. The van der Waals surface area contributed by atoms with Crippen molar-refractivity contribution in [3.8, 4) is 0 Å². The van der Waals surface area contributed by atoms with E-state index < -0.39 is 0 Å². The van der Waals surface area contributed by atoms with Gasteiger partial charge in [-0.15, -0.1) is 0 Å². The zero-order valence-electron chi connectivity index (χ0n) is 11.7. The summed E-state index contributed by atoms with van der Waals surface area (Å²) in [6.07, 6.45) is 8.97. The van der Waals surface area contributed by atoms with E-state index in [1.165, 1.54) is 38.5 Å². The first-order valence-electron chi connectivity index (χ1n) is 7.26. The van der Waals surface area contributed by atoms with E-state index in [-0.39, 0.29) is 0 Å². The molecule has 0 aliphatic rings. The van der Waals surface area contributed by atoms with Crippen molar-refractivity contribution in [1.29, 1.82) is 0 Å². The first-order chi connectivity index (χ1) is 8.77. The van der Waals surface area contributed by atoms with Gasteiger partial charge in [-0.25, -0.2) is 0 Å². The minimum Gasteiger partial charge on any atom is -0.453 e. The number of hydrogen-bond acceptors (Lipinski definition) is 2. The Labute approximate surface area is 120 Å². The van der Waals surface area contributed by atoms with Gasteiger partial charge in [-0.3, -0.25) is 0 Å². The van der Waals surface area contributed by atoms with E-state index in [4.69, 9.17) is 4.42 Å². The van der Waals surface area contributed by atoms with Crippen LogP contribution in [0.15, 0.2) is 21.2 Å². The molecule has 0 aromatic carbocycles. The zero-order chi connectivity index (χ0) is 13.2. The van der Waals surface area contributed by atoms with Crippen molar-refractivity contribution < 1.29 is 4.42 Å². The minimum atomic E-state index is 0.373. The molecule has 1 unspecified atom stereocenters. The van der Waals surface area contributed by atoms with Crippen LogP contribution in [0.3, 0.4) is 0 Å². The maximum absolute atomic E-state index is 5.68. The van der Waals surface area contributed by atoms with Gasteiger partial charge in [-0.05, 0) is 47.4 Å². The average molecular weight is 316 g/mol. The van der Waals surface area contributed by atoms with E-state index in [1.54, 1.807) is 0 Å². The van der Waals surface area contributed by atoms with Crippen molar-refractivity contribution in [2.45, 2.75) is 64.8 Å². The van der Waals surface area contributed by atoms with Crippen LogP contribution >= 0.6 is 15.9 Å². The van der Waals surface area contributed by atoms with Crippen molar-refractivity contribution in [2.24, 2.45) is 0 Å².